The van der Waals surface area contributed by atoms with Crippen molar-refractivity contribution < 1.29 is 14.4 Å². The first-order valence-electron chi connectivity index (χ1n) is 10.4. The van der Waals surface area contributed by atoms with Gasteiger partial charge in [-0.2, -0.15) is 0 Å². The molecule has 1 aliphatic heterocycles. The van der Waals surface area contributed by atoms with Crippen molar-refractivity contribution in [3.8, 4) is 0 Å². The zero-order valence-electron chi connectivity index (χ0n) is 17.2. The van der Waals surface area contributed by atoms with E-state index in [-0.39, 0.29) is 24.3 Å². The van der Waals surface area contributed by atoms with Crippen LogP contribution in [0.1, 0.15) is 46.9 Å². The number of rotatable bonds is 8. The molecule has 30 heavy (non-hydrogen) atoms. The van der Waals surface area contributed by atoms with Crippen LogP contribution in [0.2, 0.25) is 0 Å². The Hall–Kier alpha value is -3.35. The maximum atomic E-state index is 12.4. The lowest BCUT2D eigenvalue weighted by Crippen LogP contribution is -2.27. The highest BCUT2D eigenvalue weighted by Gasteiger charge is 2.19. The second-order valence-corrected chi connectivity index (χ2v) is 7.31. The molecule has 7 nitrogen and oxygen atoms in total. The van der Waals surface area contributed by atoms with E-state index in [0.717, 1.165) is 38.0 Å². The number of anilines is 2. The van der Waals surface area contributed by atoms with Crippen molar-refractivity contribution in [3.05, 3.63) is 59.7 Å². The molecule has 3 N–H and O–H groups in total. The summed E-state index contributed by atoms with van der Waals surface area (Å²) in [5, 5.41) is 8.67. The van der Waals surface area contributed by atoms with Crippen LogP contribution in [0.15, 0.2) is 48.5 Å². The highest BCUT2D eigenvalue weighted by molar-refractivity contribution is 5.97. The lowest BCUT2D eigenvalue weighted by atomic mass is 10.2. The largest absolute Gasteiger partial charge is 0.376 e. The zero-order chi connectivity index (χ0) is 21.3. The number of carbonyl (C=O) groups is 3. The Kier molecular flexibility index (Phi) is 7.43. The third-order valence-electron chi connectivity index (χ3n) is 4.94. The van der Waals surface area contributed by atoms with Crippen LogP contribution in [0.25, 0.3) is 0 Å². The fraction of sp³-hybridized carbons (Fsp3) is 0.348. The second kappa shape index (κ2) is 10.4. The monoisotopic (exact) mass is 408 g/mol. The molecule has 3 amide bonds. The van der Waals surface area contributed by atoms with E-state index in [1.165, 1.54) is 0 Å². The molecule has 2 aromatic carbocycles. The molecule has 3 rings (SSSR count). The molecule has 1 saturated heterocycles. The maximum Gasteiger partial charge on any atom is 0.253 e. The molecule has 0 aromatic heterocycles. The minimum absolute atomic E-state index is 0.0406. The van der Waals surface area contributed by atoms with Gasteiger partial charge in [-0.25, -0.2) is 0 Å². The summed E-state index contributed by atoms with van der Waals surface area (Å²) >= 11 is 0. The summed E-state index contributed by atoms with van der Waals surface area (Å²) in [4.78, 5) is 38.3. The van der Waals surface area contributed by atoms with Gasteiger partial charge in [-0.3, -0.25) is 14.4 Å². The third-order valence-corrected chi connectivity index (χ3v) is 4.94. The van der Waals surface area contributed by atoms with E-state index in [1.54, 1.807) is 48.5 Å². The summed E-state index contributed by atoms with van der Waals surface area (Å²) in [6, 6.07) is 14.0. The molecule has 0 unspecified atom stereocenters. The quantitative estimate of drug-likeness (QED) is 0.626. The highest BCUT2D eigenvalue weighted by Crippen LogP contribution is 2.15. The Morgan fingerprint density at radius 2 is 1.47 bits per heavy atom. The number of hydrogen-bond donors (Lipinski definition) is 3. The van der Waals surface area contributed by atoms with Gasteiger partial charge in [0.2, 0.25) is 5.91 Å². The van der Waals surface area contributed by atoms with E-state index in [1.807, 2.05) is 11.8 Å². The topological polar surface area (TPSA) is 90.5 Å². The van der Waals surface area contributed by atoms with Crippen molar-refractivity contribution in [2.45, 2.75) is 26.2 Å². The van der Waals surface area contributed by atoms with Crippen LogP contribution in [-0.2, 0) is 4.79 Å². The number of nitrogens with zero attached hydrogens (tertiary/aromatic N) is 1. The van der Waals surface area contributed by atoms with Crippen LogP contribution in [0, 0.1) is 0 Å². The predicted molar refractivity (Wildman–Crippen MR) is 118 cm³/mol. The summed E-state index contributed by atoms with van der Waals surface area (Å²) in [6.07, 6.45) is 3.00. The van der Waals surface area contributed by atoms with E-state index < -0.39 is 0 Å². The van der Waals surface area contributed by atoms with Gasteiger partial charge in [-0.15, -0.1) is 0 Å². The van der Waals surface area contributed by atoms with Gasteiger partial charge in [0.25, 0.3) is 11.8 Å². The Morgan fingerprint density at radius 3 is 2.10 bits per heavy atom. The number of likely N-dealkylation sites (tertiary alicyclic amines) is 1. The number of nitrogens with one attached hydrogen (secondary N) is 3. The SMILES string of the molecule is CCCNC(=O)c1ccc(NCC(=O)Nc2ccc(C(=O)N3CCCC3)cc2)cc1. The molecule has 0 aliphatic carbocycles. The molecule has 1 fully saturated rings. The molecule has 2 aromatic rings. The van der Waals surface area contributed by atoms with Gasteiger partial charge in [0.05, 0.1) is 6.54 Å². The van der Waals surface area contributed by atoms with E-state index in [2.05, 4.69) is 16.0 Å². The lowest BCUT2D eigenvalue weighted by molar-refractivity contribution is -0.114. The van der Waals surface area contributed by atoms with Crippen molar-refractivity contribution in [2.24, 2.45) is 0 Å². The molecule has 1 aliphatic rings. The highest BCUT2D eigenvalue weighted by atomic mass is 16.2. The first-order valence-corrected chi connectivity index (χ1v) is 10.4. The molecule has 0 spiro atoms. The Bertz CT molecular complexity index is 872. The average molecular weight is 409 g/mol. The maximum absolute atomic E-state index is 12.4. The van der Waals surface area contributed by atoms with Crippen molar-refractivity contribution in [1.82, 2.24) is 10.2 Å². The number of amides is 3. The summed E-state index contributed by atoms with van der Waals surface area (Å²) < 4.78 is 0. The van der Waals surface area contributed by atoms with E-state index in [4.69, 9.17) is 0 Å². The van der Waals surface area contributed by atoms with Crippen LogP contribution in [0.5, 0.6) is 0 Å². The third kappa shape index (κ3) is 5.83. The summed E-state index contributed by atoms with van der Waals surface area (Å²) in [7, 11) is 0. The lowest BCUT2D eigenvalue weighted by Gasteiger charge is -2.15. The van der Waals surface area contributed by atoms with Gasteiger partial charge < -0.3 is 20.9 Å². The van der Waals surface area contributed by atoms with Crippen LogP contribution in [0.3, 0.4) is 0 Å². The molecular weight excluding hydrogens is 380 g/mol. The normalized spacial score (nSPS) is 13.0. The second-order valence-electron chi connectivity index (χ2n) is 7.31. The van der Waals surface area contributed by atoms with Crippen molar-refractivity contribution >= 4 is 29.1 Å². The fourth-order valence-electron chi connectivity index (χ4n) is 3.27. The fourth-order valence-corrected chi connectivity index (χ4v) is 3.27. The van der Waals surface area contributed by atoms with Crippen LogP contribution in [0.4, 0.5) is 11.4 Å². The van der Waals surface area contributed by atoms with Crippen molar-refractivity contribution in [2.75, 3.05) is 36.8 Å². The van der Waals surface area contributed by atoms with Crippen molar-refractivity contribution in [1.29, 1.82) is 0 Å². The van der Waals surface area contributed by atoms with Gasteiger partial charge in [-0.1, -0.05) is 6.92 Å². The minimum atomic E-state index is -0.196. The summed E-state index contributed by atoms with van der Waals surface area (Å²) in [5.41, 5.74) is 2.62. The Morgan fingerprint density at radius 1 is 0.867 bits per heavy atom. The van der Waals surface area contributed by atoms with Gasteiger partial charge in [0, 0.05) is 42.1 Å². The standard InChI is InChI=1S/C23H28N4O3/c1-2-13-24-22(29)17-5-9-19(10-6-17)25-16-21(28)26-20-11-7-18(8-12-20)23(30)27-14-3-4-15-27/h5-12,25H,2-4,13-16H2,1H3,(H,24,29)(H,26,28). The number of benzene rings is 2. The number of carbonyl (C=O) groups excluding carboxylic acids is 3. The first kappa shape index (κ1) is 21.4. The summed E-state index contributed by atoms with van der Waals surface area (Å²) in [5.74, 6) is -0.259. The smallest absolute Gasteiger partial charge is 0.253 e. The van der Waals surface area contributed by atoms with Crippen LogP contribution >= 0.6 is 0 Å². The number of hydrogen-bond acceptors (Lipinski definition) is 4. The minimum Gasteiger partial charge on any atom is -0.376 e. The predicted octanol–water partition coefficient (Wildman–Crippen LogP) is 3.11. The van der Waals surface area contributed by atoms with Crippen LogP contribution in [-0.4, -0.2) is 48.8 Å². The van der Waals surface area contributed by atoms with Gasteiger partial charge in [0.1, 0.15) is 0 Å². The summed E-state index contributed by atoms with van der Waals surface area (Å²) in [6.45, 7) is 4.36. The molecule has 0 radical (unpaired) electrons. The van der Waals surface area contributed by atoms with E-state index >= 15 is 0 Å². The van der Waals surface area contributed by atoms with Gasteiger partial charge >= 0.3 is 0 Å². The van der Waals surface area contributed by atoms with Crippen LogP contribution < -0.4 is 16.0 Å². The van der Waals surface area contributed by atoms with E-state index in [0.29, 0.717) is 23.4 Å². The molecule has 7 heteroatoms. The molecule has 0 bridgehead atoms. The first-order chi connectivity index (χ1) is 14.6. The Labute approximate surface area is 176 Å². The molecular formula is C23H28N4O3. The van der Waals surface area contributed by atoms with Gasteiger partial charge in [-0.05, 0) is 67.8 Å². The molecule has 0 saturated carbocycles. The van der Waals surface area contributed by atoms with Gasteiger partial charge in [0.15, 0.2) is 0 Å². The van der Waals surface area contributed by atoms with E-state index in [9.17, 15) is 14.4 Å². The van der Waals surface area contributed by atoms with Crippen molar-refractivity contribution in [3.63, 3.8) is 0 Å². The Balaban J connectivity index is 1.46. The zero-order valence-corrected chi connectivity index (χ0v) is 17.2. The molecule has 1 heterocycles. The molecule has 158 valence electrons. The average Bonchev–Trinajstić information content (AvgIpc) is 3.31. The molecule has 0 atom stereocenters.